The van der Waals surface area contributed by atoms with Crippen molar-refractivity contribution in [2.75, 3.05) is 44.1 Å². The van der Waals surface area contributed by atoms with Crippen molar-refractivity contribution in [3.63, 3.8) is 0 Å². The highest BCUT2D eigenvalue weighted by atomic mass is 32.2. The van der Waals surface area contributed by atoms with Crippen molar-refractivity contribution in [3.8, 4) is 0 Å². The number of carbonyl (C=O) groups is 1. The molecular formula is C16H23N3O4S. The highest BCUT2D eigenvalue weighted by Gasteiger charge is 2.34. The second-order valence-electron chi connectivity index (χ2n) is 6.11. The van der Waals surface area contributed by atoms with Crippen LogP contribution >= 0.6 is 0 Å². The van der Waals surface area contributed by atoms with Crippen LogP contribution in [0.15, 0.2) is 30.3 Å². The second kappa shape index (κ2) is 7.40. The number of benzene rings is 1. The Labute approximate surface area is 142 Å². The molecule has 0 bridgehead atoms. The molecule has 1 aromatic carbocycles. The van der Waals surface area contributed by atoms with Crippen LogP contribution in [0, 0.1) is 0 Å². The normalized spacial score (nSPS) is 22.2. The van der Waals surface area contributed by atoms with Gasteiger partial charge in [-0.15, -0.1) is 0 Å². The smallest absolute Gasteiger partial charge is 0.320 e. The summed E-state index contributed by atoms with van der Waals surface area (Å²) in [5.41, 5.74) is 0.550. The number of morpholine rings is 1. The molecule has 1 N–H and O–H groups in total. The molecule has 2 aliphatic heterocycles. The van der Waals surface area contributed by atoms with E-state index in [0.29, 0.717) is 51.4 Å². The molecule has 8 heteroatoms. The Kier molecular flexibility index (Phi) is 5.25. The van der Waals surface area contributed by atoms with Crippen molar-refractivity contribution in [2.45, 2.75) is 18.1 Å². The predicted molar refractivity (Wildman–Crippen MR) is 91.4 cm³/mol. The number of carbonyl (C=O) groups excluding carboxylic acids is 1. The SMILES string of the molecule is O=C(N1CCOCC1)N1CCC[C@H](S(=O)(=O)Nc2ccccc2)C1. The molecule has 7 nitrogen and oxygen atoms in total. The molecule has 0 aliphatic carbocycles. The summed E-state index contributed by atoms with van der Waals surface area (Å²) in [5.74, 6) is 0. The van der Waals surface area contributed by atoms with Gasteiger partial charge in [-0.3, -0.25) is 4.72 Å². The van der Waals surface area contributed by atoms with Gasteiger partial charge >= 0.3 is 6.03 Å². The van der Waals surface area contributed by atoms with E-state index in [-0.39, 0.29) is 12.6 Å². The number of likely N-dealkylation sites (tertiary alicyclic amines) is 1. The van der Waals surface area contributed by atoms with Gasteiger partial charge in [0.25, 0.3) is 0 Å². The van der Waals surface area contributed by atoms with Gasteiger partial charge in [-0.05, 0) is 25.0 Å². The Hall–Kier alpha value is -1.80. The molecule has 2 aliphatic rings. The van der Waals surface area contributed by atoms with Crippen LogP contribution in [0.5, 0.6) is 0 Å². The number of amides is 2. The van der Waals surface area contributed by atoms with E-state index in [1.165, 1.54) is 0 Å². The molecule has 2 amide bonds. The zero-order valence-electron chi connectivity index (χ0n) is 13.6. The molecule has 0 saturated carbocycles. The van der Waals surface area contributed by atoms with Gasteiger partial charge in [-0.2, -0.15) is 0 Å². The summed E-state index contributed by atoms with van der Waals surface area (Å²) < 4.78 is 33.1. The van der Waals surface area contributed by atoms with Gasteiger partial charge in [-0.1, -0.05) is 18.2 Å². The van der Waals surface area contributed by atoms with Crippen molar-refractivity contribution in [2.24, 2.45) is 0 Å². The summed E-state index contributed by atoms with van der Waals surface area (Å²) >= 11 is 0. The Morgan fingerprint density at radius 1 is 1.08 bits per heavy atom. The first-order valence-electron chi connectivity index (χ1n) is 8.24. The molecule has 0 radical (unpaired) electrons. The van der Waals surface area contributed by atoms with E-state index in [1.54, 1.807) is 34.1 Å². The maximum atomic E-state index is 12.6. The monoisotopic (exact) mass is 353 g/mol. The number of nitrogens with one attached hydrogen (secondary N) is 1. The number of hydrogen-bond donors (Lipinski definition) is 1. The highest BCUT2D eigenvalue weighted by Crippen LogP contribution is 2.21. The Bertz CT molecular complexity index is 659. The molecule has 0 aromatic heterocycles. The van der Waals surface area contributed by atoms with Gasteiger partial charge in [0.2, 0.25) is 10.0 Å². The summed E-state index contributed by atoms with van der Waals surface area (Å²) in [7, 11) is -3.52. The lowest BCUT2D eigenvalue weighted by molar-refractivity contribution is 0.0418. The lowest BCUT2D eigenvalue weighted by Crippen LogP contribution is -2.53. The molecule has 2 fully saturated rings. The van der Waals surface area contributed by atoms with Crippen LogP contribution in [-0.2, 0) is 14.8 Å². The lowest BCUT2D eigenvalue weighted by Gasteiger charge is -2.37. The van der Waals surface area contributed by atoms with E-state index in [0.717, 1.165) is 0 Å². The van der Waals surface area contributed by atoms with Gasteiger partial charge < -0.3 is 14.5 Å². The van der Waals surface area contributed by atoms with Crippen molar-refractivity contribution in [3.05, 3.63) is 30.3 Å². The van der Waals surface area contributed by atoms with Crippen molar-refractivity contribution < 1.29 is 17.9 Å². The van der Waals surface area contributed by atoms with Crippen LogP contribution in [0.25, 0.3) is 0 Å². The largest absolute Gasteiger partial charge is 0.378 e. The van der Waals surface area contributed by atoms with Gasteiger partial charge in [0.05, 0.1) is 18.5 Å². The van der Waals surface area contributed by atoms with Gasteiger partial charge in [0.15, 0.2) is 0 Å². The zero-order valence-corrected chi connectivity index (χ0v) is 14.4. The molecule has 24 heavy (non-hydrogen) atoms. The van der Waals surface area contributed by atoms with Crippen LogP contribution in [0.4, 0.5) is 10.5 Å². The van der Waals surface area contributed by atoms with Crippen LogP contribution in [0.2, 0.25) is 0 Å². The minimum atomic E-state index is -3.52. The van der Waals surface area contributed by atoms with Crippen molar-refractivity contribution in [1.82, 2.24) is 9.80 Å². The first kappa shape index (κ1) is 17.0. The first-order valence-corrected chi connectivity index (χ1v) is 9.79. The minimum absolute atomic E-state index is 0.0853. The number of para-hydroxylation sites is 1. The van der Waals surface area contributed by atoms with Gasteiger partial charge in [0, 0.05) is 31.9 Å². The van der Waals surface area contributed by atoms with E-state index >= 15 is 0 Å². The number of ether oxygens (including phenoxy) is 1. The maximum absolute atomic E-state index is 12.6. The summed E-state index contributed by atoms with van der Waals surface area (Å²) in [6.07, 6.45) is 1.26. The summed E-state index contributed by atoms with van der Waals surface area (Å²) in [5, 5.41) is -0.587. The van der Waals surface area contributed by atoms with Crippen molar-refractivity contribution >= 4 is 21.7 Å². The topological polar surface area (TPSA) is 79.0 Å². The number of anilines is 1. The van der Waals surface area contributed by atoms with E-state index in [4.69, 9.17) is 4.74 Å². The molecule has 1 atom stereocenters. The van der Waals surface area contributed by atoms with Crippen LogP contribution < -0.4 is 4.72 Å². The molecule has 0 unspecified atom stereocenters. The van der Waals surface area contributed by atoms with Gasteiger partial charge in [-0.25, -0.2) is 13.2 Å². The third-order valence-electron chi connectivity index (χ3n) is 4.40. The Balaban J connectivity index is 1.65. The Morgan fingerprint density at radius 3 is 2.50 bits per heavy atom. The fourth-order valence-corrected chi connectivity index (χ4v) is 4.56. The molecule has 2 heterocycles. The average molecular weight is 353 g/mol. The molecule has 0 spiro atoms. The maximum Gasteiger partial charge on any atom is 0.320 e. The van der Waals surface area contributed by atoms with Gasteiger partial charge in [0.1, 0.15) is 0 Å². The number of nitrogens with zero attached hydrogens (tertiary/aromatic N) is 2. The fraction of sp³-hybridized carbons (Fsp3) is 0.562. The average Bonchev–Trinajstić information content (AvgIpc) is 2.62. The first-order chi connectivity index (χ1) is 11.6. The molecule has 3 rings (SSSR count). The van der Waals surface area contributed by atoms with Crippen molar-refractivity contribution in [1.29, 1.82) is 0 Å². The highest BCUT2D eigenvalue weighted by molar-refractivity contribution is 7.93. The quantitative estimate of drug-likeness (QED) is 0.889. The molecule has 2 saturated heterocycles. The number of rotatable bonds is 3. The number of piperidine rings is 1. The fourth-order valence-electron chi connectivity index (χ4n) is 3.07. The Morgan fingerprint density at radius 2 is 1.79 bits per heavy atom. The van der Waals surface area contributed by atoms with E-state index in [1.807, 2.05) is 6.07 Å². The number of sulfonamides is 1. The summed E-state index contributed by atoms with van der Waals surface area (Å²) in [6.45, 7) is 3.05. The molecule has 132 valence electrons. The lowest BCUT2D eigenvalue weighted by atomic mass is 10.1. The third-order valence-corrected chi connectivity index (χ3v) is 6.19. The van der Waals surface area contributed by atoms with Crippen LogP contribution in [0.1, 0.15) is 12.8 Å². The van der Waals surface area contributed by atoms with Crippen LogP contribution in [0.3, 0.4) is 0 Å². The molecular weight excluding hydrogens is 330 g/mol. The number of urea groups is 1. The van der Waals surface area contributed by atoms with E-state index in [9.17, 15) is 13.2 Å². The van der Waals surface area contributed by atoms with E-state index in [2.05, 4.69) is 4.72 Å². The third kappa shape index (κ3) is 3.99. The van der Waals surface area contributed by atoms with Crippen LogP contribution in [-0.4, -0.2) is 68.9 Å². The van der Waals surface area contributed by atoms with E-state index < -0.39 is 15.3 Å². The molecule has 1 aromatic rings. The predicted octanol–water partition coefficient (Wildman–Crippen LogP) is 1.34. The number of hydrogen-bond acceptors (Lipinski definition) is 4. The standard InChI is InChI=1S/C16H23N3O4S/c20-16(18-9-11-23-12-10-18)19-8-4-7-15(13-19)24(21,22)17-14-5-2-1-3-6-14/h1-3,5-6,15,17H,4,7-13H2/t15-/m0/s1. The summed E-state index contributed by atoms with van der Waals surface area (Å²) in [4.78, 5) is 16.0. The second-order valence-corrected chi connectivity index (χ2v) is 8.07. The minimum Gasteiger partial charge on any atom is -0.378 e. The zero-order chi connectivity index (χ0) is 17.0. The summed E-state index contributed by atoms with van der Waals surface area (Å²) in [6, 6.07) is 8.76.